The van der Waals surface area contributed by atoms with Crippen LogP contribution in [0.4, 0.5) is 0 Å². The smallest absolute Gasteiger partial charge is 0.161 e. The number of fused-ring (bicyclic) bond motifs is 1. The first kappa shape index (κ1) is 12.2. The second-order valence-electron chi connectivity index (χ2n) is 4.32. The van der Waals surface area contributed by atoms with E-state index in [1.165, 1.54) is 0 Å². The van der Waals surface area contributed by atoms with Crippen molar-refractivity contribution in [2.75, 3.05) is 19.7 Å². The molecule has 0 saturated carbocycles. The highest BCUT2D eigenvalue weighted by molar-refractivity contribution is 5.40. The summed E-state index contributed by atoms with van der Waals surface area (Å²) in [6.07, 6.45) is 1.05. The lowest BCUT2D eigenvalue weighted by Gasteiger charge is -2.27. The van der Waals surface area contributed by atoms with Gasteiger partial charge in [-0.1, -0.05) is 19.1 Å². The third-order valence-electron chi connectivity index (χ3n) is 2.87. The quantitative estimate of drug-likeness (QED) is 0.805. The molecule has 1 aromatic carbocycles. The minimum atomic E-state index is 0.0638. The van der Waals surface area contributed by atoms with Crippen LogP contribution in [-0.4, -0.2) is 31.8 Å². The van der Waals surface area contributed by atoms with Crippen molar-refractivity contribution >= 4 is 0 Å². The molecule has 2 rings (SSSR count). The lowest BCUT2D eigenvalue weighted by atomic mass is 10.2. The average Bonchev–Trinajstić information content (AvgIpc) is 2.38. The van der Waals surface area contributed by atoms with E-state index in [-0.39, 0.29) is 12.1 Å². The van der Waals surface area contributed by atoms with Crippen LogP contribution in [0, 0.1) is 0 Å². The highest BCUT2D eigenvalue weighted by Gasteiger charge is 2.19. The molecule has 3 N–H and O–H groups in total. The highest BCUT2D eigenvalue weighted by atomic mass is 16.6. The van der Waals surface area contributed by atoms with E-state index in [9.17, 15) is 0 Å². The standard InChI is InChI=1S/C13H20N2O2/c1-2-10(14)7-15-8-11-9-16-12-5-3-4-6-13(12)17-11/h3-6,10-11,15H,2,7-9,14H2,1H3. The zero-order valence-electron chi connectivity index (χ0n) is 10.2. The zero-order valence-corrected chi connectivity index (χ0v) is 10.2. The number of rotatable bonds is 5. The molecule has 0 radical (unpaired) electrons. The Morgan fingerprint density at radius 3 is 2.94 bits per heavy atom. The molecule has 17 heavy (non-hydrogen) atoms. The van der Waals surface area contributed by atoms with E-state index in [2.05, 4.69) is 12.2 Å². The van der Waals surface area contributed by atoms with Gasteiger partial charge in [-0.15, -0.1) is 0 Å². The largest absolute Gasteiger partial charge is 0.486 e. The number of hydrogen-bond acceptors (Lipinski definition) is 4. The van der Waals surface area contributed by atoms with E-state index >= 15 is 0 Å². The molecular formula is C13H20N2O2. The summed E-state index contributed by atoms with van der Waals surface area (Å²) in [5.41, 5.74) is 5.83. The molecule has 4 nitrogen and oxygen atoms in total. The number of nitrogens with two attached hydrogens (primary N) is 1. The van der Waals surface area contributed by atoms with Crippen molar-refractivity contribution in [3.05, 3.63) is 24.3 Å². The van der Waals surface area contributed by atoms with Gasteiger partial charge in [0.25, 0.3) is 0 Å². The van der Waals surface area contributed by atoms with Crippen molar-refractivity contribution in [1.29, 1.82) is 0 Å². The molecule has 0 fully saturated rings. The van der Waals surface area contributed by atoms with Crippen LogP contribution < -0.4 is 20.5 Å². The summed E-state index contributed by atoms with van der Waals surface area (Å²) in [6.45, 7) is 4.26. The van der Waals surface area contributed by atoms with Gasteiger partial charge in [0.05, 0.1) is 0 Å². The average molecular weight is 236 g/mol. The van der Waals surface area contributed by atoms with Gasteiger partial charge >= 0.3 is 0 Å². The van der Waals surface area contributed by atoms with E-state index in [4.69, 9.17) is 15.2 Å². The van der Waals surface area contributed by atoms with Crippen LogP contribution in [0.2, 0.25) is 0 Å². The topological polar surface area (TPSA) is 56.5 Å². The second-order valence-corrected chi connectivity index (χ2v) is 4.32. The third kappa shape index (κ3) is 3.35. The molecule has 0 aliphatic carbocycles. The zero-order chi connectivity index (χ0) is 12.1. The van der Waals surface area contributed by atoms with Crippen molar-refractivity contribution < 1.29 is 9.47 Å². The molecule has 1 aromatic rings. The molecule has 94 valence electrons. The Morgan fingerprint density at radius 2 is 2.18 bits per heavy atom. The van der Waals surface area contributed by atoms with Gasteiger partial charge in [-0.05, 0) is 18.6 Å². The molecule has 1 aliphatic heterocycles. The molecule has 0 spiro atoms. The Hall–Kier alpha value is -1.26. The molecule has 0 saturated heterocycles. The second kappa shape index (κ2) is 5.89. The van der Waals surface area contributed by atoms with Gasteiger partial charge in [0.2, 0.25) is 0 Å². The van der Waals surface area contributed by atoms with E-state index in [1.54, 1.807) is 0 Å². The summed E-state index contributed by atoms with van der Waals surface area (Å²) in [6, 6.07) is 7.96. The Morgan fingerprint density at radius 1 is 1.41 bits per heavy atom. The normalized spacial score (nSPS) is 20.0. The van der Waals surface area contributed by atoms with Gasteiger partial charge < -0.3 is 20.5 Å². The van der Waals surface area contributed by atoms with Crippen LogP contribution in [0.25, 0.3) is 0 Å². The van der Waals surface area contributed by atoms with Crippen molar-refractivity contribution in [1.82, 2.24) is 5.32 Å². The Bertz CT molecular complexity index is 357. The van der Waals surface area contributed by atoms with Crippen LogP contribution >= 0.6 is 0 Å². The van der Waals surface area contributed by atoms with Gasteiger partial charge in [-0.25, -0.2) is 0 Å². The maximum Gasteiger partial charge on any atom is 0.161 e. The summed E-state index contributed by atoms with van der Waals surface area (Å²) < 4.78 is 11.4. The molecule has 0 bridgehead atoms. The number of nitrogens with one attached hydrogen (secondary N) is 1. The number of para-hydroxylation sites is 2. The van der Waals surface area contributed by atoms with Gasteiger partial charge in [0.15, 0.2) is 11.5 Å². The Kier molecular flexibility index (Phi) is 4.23. The summed E-state index contributed by atoms with van der Waals surface area (Å²) in [5.74, 6) is 1.65. The number of hydrogen-bond donors (Lipinski definition) is 2. The van der Waals surface area contributed by atoms with Gasteiger partial charge in [0, 0.05) is 19.1 Å². The van der Waals surface area contributed by atoms with Crippen molar-refractivity contribution in [2.24, 2.45) is 5.73 Å². The molecule has 2 atom stereocenters. The Labute approximate surface area is 102 Å². The fourth-order valence-corrected chi connectivity index (χ4v) is 1.74. The Balaban J connectivity index is 1.78. The summed E-state index contributed by atoms with van der Waals surface area (Å²) in [7, 11) is 0. The SMILES string of the molecule is CCC(N)CNCC1COc2ccccc2O1. The predicted octanol–water partition coefficient (Wildman–Crippen LogP) is 1.15. The first-order valence-electron chi connectivity index (χ1n) is 6.14. The van der Waals surface area contributed by atoms with Crippen LogP contribution in [0.15, 0.2) is 24.3 Å². The number of ether oxygens (including phenoxy) is 2. The molecule has 1 heterocycles. The van der Waals surface area contributed by atoms with E-state index < -0.39 is 0 Å². The van der Waals surface area contributed by atoms with Crippen molar-refractivity contribution in [3.63, 3.8) is 0 Å². The molecule has 4 heteroatoms. The molecule has 0 amide bonds. The molecular weight excluding hydrogens is 216 g/mol. The minimum Gasteiger partial charge on any atom is -0.486 e. The van der Waals surface area contributed by atoms with E-state index in [1.807, 2.05) is 24.3 Å². The van der Waals surface area contributed by atoms with Crippen LogP contribution in [0.3, 0.4) is 0 Å². The molecule has 2 unspecified atom stereocenters. The number of benzene rings is 1. The van der Waals surface area contributed by atoms with Crippen molar-refractivity contribution in [3.8, 4) is 11.5 Å². The van der Waals surface area contributed by atoms with Gasteiger partial charge in [-0.2, -0.15) is 0 Å². The molecule has 0 aromatic heterocycles. The maximum absolute atomic E-state index is 5.83. The highest BCUT2D eigenvalue weighted by Crippen LogP contribution is 2.30. The van der Waals surface area contributed by atoms with E-state index in [0.29, 0.717) is 6.61 Å². The lowest BCUT2D eigenvalue weighted by Crippen LogP contribution is -2.42. The van der Waals surface area contributed by atoms with Crippen molar-refractivity contribution in [2.45, 2.75) is 25.5 Å². The minimum absolute atomic E-state index is 0.0638. The monoisotopic (exact) mass is 236 g/mol. The third-order valence-corrected chi connectivity index (χ3v) is 2.87. The van der Waals surface area contributed by atoms with Crippen LogP contribution in [0.1, 0.15) is 13.3 Å². The lowest BCUT2D eigenvalue weighted by molar-refractivity contribution is 0.0902. The molecule has 1 aliphatic rings. The fraction of sp³-hybridized carbons (Fsp3) is 0.538. The van der Waals surface area contributed by atoms with Crippen LogP contribution in [-0.2, 0) is 0 Å². The first-order chi connectivity index (χ1) is 8.29. The van der Waals surface area contributed by atoms with E-state index in [0.717, 1.165) is 31.0 Å². The first-order valence-corrected chi connectivity index (χ1v) is 6.14. The fourth-order valence-electron chi connectivity index (χ4n) is 1.74. The summed E-state index contributed by atoms with van der Waals surface area (Å²) in [4.78, 5) is 0. The van der Waals surface area contributed by atoms with Gasteiger partial charge in [-0.3, -0.25) is 0 Å². The van der Waals surface area contributed by atoms with Gasteiger partial charge in [0.1, 0.15) is 12.7 Å². The summed E-state index contributed by atoms with van der Waals surface area (Å²) in [5, 5.41) is 3.31. The predicted molar refractivity (Wildman–Crippen MR) is 67.5 cm³/mol. The van der Waals surface area contributed by atoms with Crippen LogP contribution in [0.5, 0.6) is 11.5 Å². The maximum atomic E-state index is 5.83. The summed E-state index contributed by atoms with van der Waals surface area (Å²) >= 11 is 0.